The van der Waals surface area contributed by atoms with Gasteiger partial charge in [-0.05, 0) is 31.6 Å². The number of hydrogen-bond donors (Lipinski definition) is 1. The molecule has 1 rings (SSSR count). The Kier molecular flexibility index (Phi) is 4.18. The lowest BCUT2D eigenvalue weighted by atomic mass is 9.84. The number of hydrogen-bond acceptors (Lipinski definition) is 1. The van der Waals surface area contributed by atoms with Crippen molar-refractivity contribution in [1.29, 1.82) is 0 Å². The lowest BCUT2D eigenvalue weighted by Gasteiger charge is -2.30. The molecule has 2 nitrogen and oxygen atoms in total. The average Bonchev–Trinajstić information content (AvgIpc) is 2.17. The highest BCUT2D eigenvalue weighted by atomic mass is 16.2. The molecule has 15 heavy (non-hydrogen) atoms. The van der Waals surface area contributed by atoms with Gasteiger partial charge in [0.05, 0.1) is 0 Å². The van der Waals surface area contributed by atoms with Crippen LogP contribution in [0, 0.1) is 11.3 Å². The van der Waals surface area contributed by atoms with Gasteiger partial charge in [0.15, 0.2) is 0 Å². The van der Waals surface area contributed by atoms with E-state index in [1.807, 2.05) is 20.8 Å². The molecule has 1 N–H and O–H groups in total. The molecule has 0 unspecified atom stereocenters. The molecule has 0 aliphatic heterocycles. The van der Waals surface area contributed by atoms with Gasteiger partial charge >= 0.3 is 0 Å². The Labute approximate surface area is 93.8 Å². The maximum atomic E-state index is 11.8. The molecule has 1 amide bonds. The molecule has 0 radical (unpaired) electrons. The maximum Gasteiger partial charge on any atom is 0.225 e. The zero-order valence-electron chi connectivity index (χ0n) is 10.6. The van der Waals surface area contributed by atoms with Gasteiger partial charge in [-0.15, -0.1) is 0 Å². The van der Waals surface area contributed by atoms with E-state index in [9.17, 15) is 4.79 Å². The van der Waals surface area contributed by atoms with E-state index in [0.717, 1.165) is 5.92 Å². The Hall–Kier alpha value is -0.530. The molecule has 0 bridgehead atoms. The van der Waals surface area contributed by atoms with Crippen LogP contribution < -0.4 is 5.32 Å². The summed E-state index contributed by atoms with van der Waals surface area (Å²) in [6, 6.07) is 0.430. The molecule has 0 aromatic rings. The second kappa shape index (κ2) is 5.00. The second-order valence-electron chi connectivity index (χ2n) is 5.85. The Morgan fingerprint density at radius 1 is 1.20 bits per heavy atom. The quantitative estimate of drug-likeness (QED) is 0.747. The Bertz CT molecular complexity index is 209. The van der Waals surface area contributed by atoms with Crippen LogP contribution in [0.4, 0.5) is 0 Å². The normalized spacial score (nSPS) is 27.5. The fraction of sp³-hybridized carbons (Fsp3) is 0.923. The number of nitrogens with one attached hydrogen (secondary N) is 1. The van der Waals surface area contributed by atoms with E-state index in [2.05, 4.69) is 12.2 Å². The highest BCUT2D eigenvalue weighted by Gasteiger charge is 2.26. The Balaban J connectivity index is 2.33. The van der Waals surface area contributed by atoms with Crippen LogP contribution in [0.5, 0.6) is 0 Å². The molecule has 1 aliphatic rings. The van der Waals surface area contributed by atoms with Crippen LogP contribution in [0.15, 0.2) is 0 Å². The third-order valence-corrected chi connectivity index (χ3v) is 3.44. The molecule has 0 aromatic heterocycles. The third-order valence-electron chi connectivity index (χ3n) is 3.44. The number of carbonyl (C=O) groups excluding carboxylic acids is 1. The first-order valence-corrected chi connectivity index (χ1v) is 6.24. The van der Waals surface area contributed by atoms with Gasteiger partial charge in [-0.1, -0.05) is 34.1 Å². The standard InChI is InChI=1S/C13H25NO/c1-5-10-6-8-11(9-7-10)14-12(15)13(2,3)4/h10-11H,5-9H2,1-4H3,(H,14,15). The summed E-state index contributed by atoms with van der Waals surface area (Å²) in [6.07, 6.45) is 6.19. The minimum atomic E-state index is -0.248. The van der Waals surface area contributed by atoms with E-state index in [4.69, 9.17) is 0 Å². The Morgan fingerprint density at radius 3 is 2.13 bits per heavy atom. The molecule has 1 saturated carbocycles. The van der Waals surface area contributed by atoms with E-state index < -0.39 is 0 Å². The smallest absolute Gasteiger partial charge is 0.225 e. The second-order valence-corrected chi connectivity index (χ2v) is 5.85. The Morgan fingerprint density at radius 2 is 1.73 bits per heavy atom. The summed E-state index contributed by atoms with van der Waals surface area (Å²) in [4.78, 5) is 11.8. The van der Waals surface area contributed by atoms with Gasteiger partial charge in [0.25, 0.3) is 0 Å². The fourth-order valence-corrected chi connectivity index (χ4v) is 2.12. The van der Waals surface area contributed by atoms with Crippen molar-refractivity contribution in [2.24, 2.45) is 11.3 Å². The highest BCUT2D eigenvalue weighted by molar-refractivity contribution is 5.81. The first kappa shape index (κ1) is 12.5. The van der Waals surface area contributed by atoms with Gasteiger partial charge in [-0.25, -0.2) is 0 Å². The number of carbonyl (C=O) groups is 1. The predicted octanol–water partition coefficient (Wildman–Crippen LogP) is 3.12. The summed E-state index contributed by atoms with van der Waals surface area (Å²) in [7, 11) is 0. The van der Waals surface area contributed by atoms with Gasteiger partial charge in [0.1, 0.15) is 0 Å². The molecule has 0 atom stereocenters. The van der Waals surface area contributed by atoms with Crippen LogP contribution in [-0.4, -0.2) is 11.9 Å². The minimum Gasteiger partial charge on any atom is -0.353 e. The number of rotatable bonds is 2. The molecule has 0 spiro atoms. The van der Waals surface area contributed by atoms with Crippen molar-refractivity contribution in [2.45, 2.75) is 65.8 Å². The van der Waals surface area contributed by atoms with Crippen molar-refractivity contribution in [3.8, 4) is 0 Å². The van der Waals surface area contributed by atoms with Crippen molar-refractivity contribution in [2.75, 3.05) is 0 Å². The first-order chi connectivity index (χ1) is 6.93. The topological polar surface area (TPSA) is 29.1 Å². The van der Waals surface area contributed by atoms with Crippen LogP contribution in [-0.2, 0) is 4.79 Å². The summed E-state index contributed by atoms with van der Waals surface area (Å²) in [5.74, 6) is 1.09. The van der Waals surface area contributed by atoms with E-state index in [-0.39, 0.29) is 11.3 Å². The van der Waals surface area contributed by atoms with Crippen LogP contribution in [0.3, 0.4) is 0 Å². The zero-order chi connectivity index (χ0) is 11.5. The lowest BCUT2D eigenvalue weighted by Crippen LogP contribution is -2.43. The molecule has 0 aromatic carbocycles. The van der Waals surface area contributed by atoms with E-state index >= 15 is 0 Å². The monoisotopic (exact) mass is 211 g/mol. The van der Waals surface area contributed by atoms with E-state index in [1.165, 1.54) is 32.1 Å². The van der Waals surface area contributed by atoms with E-state index in [1.54, 1.807) is 0 Å². The molecular formula is C13H25NO. The first-order valence-electron chi connectivity index (χ1n) is 6.24. The summed E-state index contributed by atoms with van der Waals surface area (Å²) in [5.41, 5.74) is -0.248. The fourth-order valence-electron chi connectivity index (χ4n) is 2.12. The third kappa shape index (κ3) is 3.84. The average molecular weight is 211 g/mol. The zero-order valence-corrected chi connectivity index (χ0v) is 10.6. The molecule has 0 saturated heterocycles. The van der Waals surface area contributed by atoms with Crippen molar-refractivity contribution >= 4 is 5.91 Å². The van der Waals surface area contributed by atoms with Crippen molar-refractivity contribution < 1.29 is 4.79 Å². The summed E-state index contributed by atoms with van der Waals surface area (Å²) in [5, 5.41) is 3.16. The van der Waals surface area contributed by atoms with Gasteiger partial charge in [0, 0.05) is 11.5 Å². The van der Waals surface area contributed by atoms with Gasteiger partial charge in [-0.3, -0.25) is 4.79 Å². The predicted molar refractivity (Wildman–Crippen MR) is 63.6 cm³/mol. The van der Waals surface area contributed by atoms with Crippen LogP contribution in [0.25, 0.3) is 0 Å². The highest BCUT2D eigenvalue weighted by Crippen LogP contribution is 2.27. The molecule has 1 aliphatic carbocycles. The summed E-state index contributed by atoms with van der Waals surface area (Å²) >= 11 is 0. The van der Waals surface area contributed by atoms with Crippen LogP contribution >= 0.6 is 0 Å². The van der Waals surface area contributed by atoms with Crippen LogP contribution in [0.1, 0.15) is 59.8 Å². The minimum absolute atomic E-state index is 0.197. The van der Waals surface area contributed by atoms with Gasteiger partial charge in [0.2, 0.25) is 5.91 Å². The maximum absolute atomic E-state index is 11.8. The SMILES string of the molecule is CCC1CCC(NC(=O)C(C)(C)C)CC1. The van der Waals surface area contributed by atoms with Gasteiger partial charge < -0.3 is 5.32 Å². The largest absolute Gasteiger partial charge is 0.353 e. The summed E-state index contributed by atoms with van der Waals surface area (Å²) < 4.78 is 0. The molecule has 88 valence electrons. The molecular weight excluding hydrogens is 186 g/mol. The molecule has 0 heterocycles. The van der Waals surface area contributed by atoms with Gasteiger partial charge in [-0.2, -0.15) is 0 Å². The lowest BCUT2D eigenvalue weighted by molar-refractivity contribution is -0.129. The molecule has 1 fully saturated rings. The molecule has 2 heteroatoms. The summed E-state index contributed by atoms with van der Waals surface area (Å²) in [6.45, 7) is 8.18. The van der Waals surface area contributed by atoms with Crippen molar-refractivity contribution in [3.63, 3.8) is 0 Å². The number of amides is 1. The van der Waals surface area contributed by atoms with Crippen molar-refractivity contribution in [3.05, 3.63) is 0 Å². The van der Waals surface area contributed by atoms with Crippen molar-refractivity contribution in [1.82, 2.24) is 5.32 Å². The van der Waals surface area contributed by atoms with Crippen LogP contribution in [0.2, 0.25) is 0 Å². The van der Waals surface area contributed by atoms with E-state index in [0.29, 0.717) is 6.04 Å².